The van der Waals surface area contributed by atoms with Crippen LogP contribution in [0.25, 0.3) is 11.1 Å². The van der Waals surface area contributed by atoms with E-state index < -0.39 is 18.2 Å². The van der Waals surface area contributed by atoms with E-state index in [-0.39, 0.29) is 18.3 Å². The number of carbonyl (C=O) groups is 1. The molecule has 1 aliphatic carbocycles. The van der Waals surface area contributed by atoms with Crippen molar-refractivity contribution in [2.45, 2.75) is 25.3 Å². The Labute approximate surface area is 187 Å². The summed E-state index contributed by atoms with van der Waals surface area (Å²) in [6.07, 6.45) is -0.956. The van der Waals surface area contributed by atoms with E-state index in [4.69, 9.17) is 9.47 Å². The van der Waals surface area contributed by atoms with Gasteiger partial charge >= 0.3 is 12.3 Å². The van der Waals surface area contributed by atoms with Crippen LogP contribution < -0.4 is 14.2 Å². The van der Waals surface area contributed by atoms with Crippen LogP contribution in [-0.4, -0.2) is 29.5 Å². The summed E-state index contributed by atoms with van der Waals surface area (Å²) in [5, 5.41) is 9.26. The highest BCUT2D eigenvalue weighted by Crippen LogP contribution is 2.51. The van der Waals surface area contributed by atoms with Gasteiger partial charge in [-0.25, -0.2) is 0 Å². The first-order valence-corrected chi connectivity index (χ1v) is 10.1. The maximum absolute atomic E-state index is 12.3. The van der Waals surface area contributed by atoms with Crippen LogP contribution in [0, 0.1) is 5.92 Å². The second-order valence-corrected chi connectivity index (χ2v) is 7.63. The molecule has 2 aromatic carbocycles. The van der Waals surface area contributed by atoms with Crippen molar-refractivity contribution in [2.75, 3.05) is 7.11 Å². The average molecular weight is 459 g/mol. The van der Waals surface area contributed by atoms with Crippen molar-refractivity contribution in [2.24, 2.45) is 5.92 Å². The van der Waals surface area contributed by atoms with Crippen LogP contribution in [0.3, 0.4) is 0 Å². The molecule has 1 fully saturated rings. The molecule has 0 amide bonds. The van der Waals surface area contributed by atoms with E-state index in [9.17, 15) is 23.1 Å². The smallest absolute Gasteiger partial charge is 0.496 e. The summed E-state index contributed by atoms with van der Waals surface area (Å²) in [6, 6.07) is 12.8. The van der Waals surface area contributed by atoms with Gasteiger partial charge in [-0.1, -0.05) is 18.2 Å². The zero-order valence-electron chi connectivity index (χ0n) is 17.5. The number of aromatic nitrogens is 1. The van der Waals surface area contributed by atoms with Crippen LogP contribution in [-0.2, 0) is 11.4 Å². The molecule has 0 aliphatic heterocycles. The zero-order chi connectivity index (χ0) is 23.6. The lowest BCUT2D eigenvalue weighted by Crippen LogP contribution is -2.17. The Morgan fingerprint density at radius 3 is 2.45 bits per heavy atom. The predicted octanol–water partition coefficient (Wildman–Crippen LogP) is 5.42. The number of nitrogens with zero attached hydrogens (tertiary/aromatic N) is 1. The lowest BCUT2D eigenvalue weighted by Gasteiger charge is -2.12. The lowest BCUT2D eigenvalue weighted by molar-refractivity contribution is -0.274. The highest BCUT2D eigenvalue weighted by Gasteiger charge is 2.45. The standard InChI is InChI=1S/C24H20F3NO5/c1-31-22-7-4-15(9-20(22)19-10-21(19)23(29)30)16-8-18(12-28-11-16)32-13-14-2-5-17(6-3-14)33-24(25,26)27/h2-9,11-12,19,21H,10,13H2,1H3,(H,29,30). The van der Waals surface area contributed by atoms with E-state index in [1.807, 2.05) is 12.1 Å². The number of carboxylic acid groups (broad SMARTS) is 1. The second kappa shape index (κ2) is 9.01. The number of methoxy groups -OCH3 is 1. The van der Waals surface area contributed by atoms with Crippen molar-refractivity contribution in [3.63, 3.8) is 0 Å². The van der Waals surface area contributed by atoms with Gasteiger partial charge in [0.15, 0.2) is 0 Å². The van der Waals surface area contributed by atoms with Gasteiger partial charge < -0.3 is 19.3 Å². The number of hydrogen-bond donors (Lipinski definition) is 1. The first kappa shape index (κ1) is 22.4. The highest BCUT2D eigenvalue weighted by atomic mass is 19.4. The second-order valence-electron chi connectivity index (χ2n) is 7.63. The largest absolute Gasteiger partial charge is 0.573 e. The van der Waals surface area contributed by atoms with Crippen molar-refractivity contribution in [1.82, 2.24) is 4.98 Å². The number of hydrogen-bond acceptors (Lipinski definition) is 5. The van der Waals surface area contributed by atoms with Gasteiger partial charge in [-0.05, 0) is 53.4 Å². The Balaban J connectivity index is 1.46. The number of pyridine rings is 1. The molecule has 6 nitrogen and oxygen atoms in total. The summed E-state index contributed by atoms with van der Waals surface area (Å²) in [5.41, 5.74) is 3.12. The summed E-state index contributed by atoms with van der Waals surface area (Å²) in [4.78, 5) is 15.5. The monoisotopic (exact) mass is 459 g/mol. The molecule has 1 N–H and O–H groups in total. The minimum atomic E-state index is -4.74. The molecule has 0 saturated heterocycles. The maximum atomic E-state index is 12.3. The molecule has 1 aliphatic rings. The summed E-state index contributed by atoms with van der Waals surface area (Å²) >= 11 is 0. The van der Waals surface area contributed by atoms with Gasteiger partial charge in [0.2, 0.25) is 0 Å². The van der Waals surface area contributed by atoms with Crippen molar-refractivity contribution in [1.29, 1.82) is 0 Å². The fourth-order valence-electron chi connectivity index (χ4n) is 3.62. The maximum Gasteiger partial charge on any atom is 0.573 e. The normalized spacial score (nSPS) is 17.3. The van der Waals surface area contributed by atoms with Crippen LogP contribution in [0.1, 0.15) is 23.5 Å². The molecule has 2 unspecified atom stereocenters. The highest BCUT2D eigenvalue weighted by molar-refractivity contribution is 5.76. The van der Waals surface area contributed by atoms with Gasteiger partial charge in [-0.3, -0.25) is 9.78 Å². The van der Waals surface area contributed by atoms with E-state index in [1.54, 1.807) is 25.4 Å². The fraction of sp³-hybridized carbons (Fsp3) is 0.250. The van der Waals surface area contributed by atoms with Gasteiger partial charge in [0, 0.05) is 17.7 Å². The van der Waals surface area contributed by atoms with Crippen LogP contribution in [0.5, 0.6) is 17.2 Å². The number of alkyl halides is 3. The number of ether oxygens (including phenoxy) is 3. The first-order valence-electron chi connectivity index (χ1n) is 10.1. The molecule has 9 heteroatoms. The van der Waals surface area contributed by atoms with E-state index >= 15 is 0 Å². The minimum Gasteiger partial charge on any atom is -0.496 e. The third kappa shape index (κ3) is 5.54. The third-order valence-corrected chi connectivity index (χ3v) is 5.35. The number of carboxylic acids is 1. The number of benzene rings is 2. The Kier molecular flexibility index (Phi) is 6.13. The van der Waals surface area contributed by atoms with E-state index in [0.717, 1.165) is 16.7 Å². The third-order valence-electron chi connectivity index (χ3n) is 5.35. The molecule has 4 rings (SSSR count). The zero-order valence-corrected chi connectivity index (χ0v) is 17.5. The first-order chi connectivity index (χ1) is 15.7. The predicted molar refractivity (Wildman–Crippen MR) is 112 cm³/mol. The number of aliphatic carboxylic acids is 1. The molecule has 0 spiro atoms. The molecular formula is C24H20F3NO5. The molecule has 0 bridgehead atoms. The summed E-state index contributed by atoms with van der Waals surface area (Å²) in [5.74, 6) is -0.487. The van der Waals surface area contributed by atoms with Crippen molar-refractivity contribution < 1.29 is 37.3 Å². The Morgan fingerprint density at radius 2 is 1.82 bits per heavy atom. The number of halogens is 3. The van der Waals surface area contributed by atoms with E-state index in [1.165, 1.54) is 30.5 Å². The van der Waals surface area contributed by atoms with Crippen LogP contribution in [0.2, 0.25) is 0 Å². The molecule has 2 atom stereocenters. The van der Waals surface area contributed by atoms with Crippen LogP contribution in [0.15, 0.2) is 60.9 Å². The molecule has 33 heavy (non-hydrogen) atoms. The Hall–Kier alpha value is -3.75. The fourth-order valence-corrected chi connectivity index (χ4v) is 3.62. The van der Waals surface area contributed by atoms with Crippen molar-refractivity contribution >= 4 is 5.97 Å². The van der Waals surface area contributed by atoms with E-state index in [0.29, 0.717) is 23.5 Å². The molecule has 1 heterocycles. The van der Waals surface area contributed by atoms with Gasteiger partial charge in [-0.15, -0.1) is 13.2 Å². The van der Waals surface area contributed by atoms with Crippen LogP contribution in [0.4, 0.5) is 13.2 Å². The summed E-state index contributed by atoms with van der Waals surface area (Å²) in [7, 11) is 1.55. The average Bonchev–Trinajstić information content (AvgIpc) is 3.59. The number of rotatable bonds is 8. The topological polar surface area (TPSA) is 77.9 Å². The molecule has 3 aromatic rings. The quantitative estimate of drug-likeness (QED) is 0.485. The summed E-state index contributed by atoms with van der Waals surface area (Å²) < 4.78 is 51.8. The van der Waals surface area contributed by atoms with Gasteiger partial charge in [0.05, 0.1) is 19.2 Å². The lowest BCUT2D eigenvalue weighted by atomic mass is 10.0. The SMILES string of the molecule is COc1ccc(-c2cncc(OCc3ccc(OC(F)(F)F)cc3)c2)cc1C1CC1C(=O)O. The summed E-state index contributed by atoms with van der Waals surface area (Å²) in [6.45, 7) is 0.133. The molecule has 1 aromatic heterocycles. The minimum absolute atomic E-state index is 0.0888. The van der Waals surface area contributed by atoms with Gasteiger partial charge in [0.1, 0.15) is 23.9 Å². The van der Waals surface area contributed by atoms with Crippen LogP contribution >= 0.6 is 0 Å². The molecule has 172 valence electrons. The Morgan fingerprint density at radius 1 is 1.06 bits per heavy atom. The molecule has 0 radical (unpaired) electrons. The van der Waals surface area contributed by atoms with Crippen molar-refractivity contribution in [3.05, 3.63) is 72.1 Å². The Bertz CT molecular complexity index is 1150. The van der Waals surface area contributed by atoms with Crippen molar-refractivity contribution in [3.8, 4) is 28.4 Å². The van der Waals surface area contributed by atoms with E-state index in [2.05, 4.69) is 9.72 Å². The van der Waals surface area contributed by atoms with Gasteiger partial charge in [0.25, 0.3) is 0 Å². The molecule has 1 saturated carbocycles. The van der Waals surface area contributed by atoms with Gasteiger partial charge in [-0.2, -0.15) is 0 Å². The molecular weight excluding hydrogens is 439 g/mol.